The Hall–Kier alpha value is -7.42. The second-order valence-corrected chi connectivity index (χ2v) is 15.9. The van der Waals surface area contributed by atoms with Crippen LogP contribution in [0.1, 0.15) is 41.7 Å². The summed E-state index contributed by atoms with van der Waals surface area (Å²) in [5.41, 5.74) is 16.4. The topological polar surface area (TPSA) is 36.2 Å². The van der Waals surface area contributed by atoms with Crippen LogP contribution in [0.2, 0.25) is 0 Å². The maximum absolute atomic E-state index is 8.99. The average Bonchev–Trinajstić information content (AvgIpc) is 3.53. The van der Waals surface area contributed by atoms with Gasteiger partial charge in [0.05, 0.1) is 11.4 Å². The maximum atomic E-state index is 8.99. The molecule has 9 aromatic rings. The molecule has 0 amide bonds. The molecule has 280 valence electrons. The molecular weight excluding hydrogens is 713 g/mol. The van der Waals surface area contributed by atoms with Crippen LogP contribution >= 0.6 is 0 Å². The van der Waals surface area contributed by atoms with Crippen LogP contribution in [0.15, 0.2) is 211 Å². The molecule has 10 rings (SSSR count). The molecule has 0 aromatic heterocycles. The standard InChI is InChI=1S/C57H42N2/c1-57(2)52-33-30-40-16-9-10-22-49(40)56(52)51-32-28-44(35-53(51)57)39-24-26-41(27-25-39)48-31-29-46(47-21-11-12-23-50(47)48)37-59-55(36-54(58)42-17-7-4-8-18-42)45-20-13-19-43(34-45)38-14-5-3-6-15-38/h3-37,58H,1-2H3/b55-36-,58-54?,59-37?. The minimum Gasteiger partial charge on any atom is -0.300 e. The monoisotopic (exact) mass is 754 g/mol. The predicted octanol–water partition coefficient (Wildman–Crippen LogP) is 14.8. The molecule has 2 nitrogen and oxygen atoms in total. The summed E-state index contributed by atoms with van der Waals surface area (Å²) in [6.07, 6.45) is 3.82. The van der Waals surface area contributed by atoms with Crippen LogP contribution in [-0.4, -0.2) is 11.9 Å². The van der Waals surface area contributed by atoms with Crippen LogP contribution in [0.3, 0.4) is 0 Å². The second-order valence-electron chi connectivity index (χ2n) is 15.9. The fraction of sp³-hybridized carbons (Fsp3) is 0.0526. The smallest absolute Gasteiger partial charge is 0.0723 e. The Morgan fingerprint density at radius 2 is 1.05 bits per heavy atom. The second kappa shape index (κ2) is 14.8. The quantitative estimate of drug-likeness (QED) is 0.150. The first-order valence-corrected chi connectivity index (χ1v) is 20.3. The molecule has 0 saturated heterocycles. The van der Waals surface area contributed by atoms with Gasteiger partial charge in [0.1, 0.15) is 0 Å². The van der Waals surface area contributed by atoms with Crippen LogP contribution < -0.4 is 0 Å². The SMILES string of the molecule is CC1(C)c2cc(-c3ccc(-c4ccc(C=N/C(=C\C(=N)c5ccccc5)c5cccc(-c6ccccc6)c5)c5ccccc45)cc3)ccc2-c2c1ccc1ccccc21. The van der Waals surface area contributed by atoms with Gasteiger partial charge in [-0.2, -0.15) is 0 Å². The summed E-state index contributed by atoms with van der Waals surface area (Å²) in [6, 6.07) is 71.0. The summed E-state index contributed by atoms with van der Waals surface area (Å²) < 4.78 is 0. The zero-order valence-electron chi connectivity index (χ0n) is 33.2. The lowest BCUT2D eigenvalue weighted by Gasteiger charge is -2.22. The Labute approximate surface area is 346 Å². The van der Waals surface area contributed by atoms with E-state index in [4.69, 9.17) is 10.4 Å². The van der Waals surface area contributed by atoms with Gasteiger partial charge in [0, 0.05) is 22.8 Å². The van der Waals surface area contributed by atoms with E-state index >= 15 is 0 Å². The molecule has 9 aromatic carbocycles. The van der Waals surface area contributed by atoms with Crippen molar-refractivity contribution >= 4 is 39.2 Å². The van der Waals surface area contributed by atoms with Crippen LogP contribution in [-0.2, 0) is 5.41 Å². The molecule has 59 heavy (non-hydrogen) atoms. The zero-order valence-corrected chi connectivity index (χ0v) is 33.2. The van der Waals surface area contributed by atoms with E-state index < -0.39 is 0 Å². The molecule has 0 bridgehead atoms. The number of rotatable bonds is 8. The molecule has 0 atom stereocenters. The lowest BCUT2D eigenvalue weighted by atomic mass is 9.81. The third-order valence-corrected chi connectivity index (χ3v) is 12.0. The summed E-state index contributed by atoms with van der Waals surface area (Å²) in [6.45, 7) is 4.71. The first-order valence-electron chi connectivity index (χ1n) is 20.3. The molecule has 2 heteroatoms. The molecule has 0 saturated carbocycles. The van der Waals surface area contributed by atoms with Crippen molar-refractivity contribution in [2.45, 2.75) is 19.3 Å². The number of aliphatic imine (C=N–C) groups is 1. The van der Waals surface area contributed by atoms with Gasteiger partial charge in [-0.1, -0.05) is 202 Å². The molecule has 0 fully saturated rings. The van der Waals surface area contributed by atoms with Crippen molar-refractivity contribution in [2.75, 3.05) is 0 Å². The van der Waals surface area contributed by atoms with Crippen LogP contribution in [0.4, 0.5) is 0 Å². The van der Waals surface area contributed by atoms with Crippen molar-refractivity contribution in [1.82, 2.24) is 0 Å². The highest BCUT2D eigenvalue weighted by atomic mass is 14.7. The lowest BCUT2D eigenvalue weighted by molar-refractivity contribution is 0.661. The Kier molecular flexibility index (Phi) is 9.03. The van der Waals surface area contributed by atoms with Gasteiger partial charge in [-0.05, 0) is 101 Å². The van der Waals surface area contributed by atoms with Gasteiger partial charge < -0.3 is 5.41 Å². The number of allylic oxidation sites excluding steroid dienone is 1. The Balaban J connectivity index is 0.981. The molecule has 1 aliphatic carbocycles. The van der Waals surface area contributed by atoms with Gasteiger partial charge in [-0.25, -0.2) is 0 Å². The number of nitrogens with one attached hydrogen (secondary N) is 1. The van der Waals surface area contributed by atoms with E-state index in [-0.39, 0.29) is 5.41 Å². The highest BCUT2D eigenvalue weighted by molar-refractivity contribution is 6.12. The third-order valence-electron chi connectivity index (χ3n) is 12.0. The Bertz CT molecular complexity index is 3110. The molecule has 1 N–H and O–H groups in total. The molecule has 0 spiro atoms. The van der Waals surface area contributed by atoms with Crippen molar-refractivity contribution in [3.8, 4) is 44.5 Å². The maximum Gasteiger partial charge on any atom is 0.0723 e. The van der Waals surface area contributed by atoms with Crippen molar-refractivity contribution in [3.05, 3.63) is 234 Å². The number of nitrogens with zero attached hydrogens (tertiary/aromatic N) is 1. The summed E-state index contributed by atoms with van der Waals surface area (Å²) in [5, 5.41) is 13.9. The fourth-order valence-electron chi connectivity index (χ4n) is 8.88. The fourth-order valence-corrected chi connectivity index (χ4v) is 8.88. The van der Waals surface area contributed by atoms with Gasteiger partial charge in [0.25, 0.3) is 0 Å². The van der Waals surface area contributed by atoms with Gasteiger partial charge >= 0.3 is 0 Å². The average molecular weight is 755 g/mol. The van der Waals surface area contributed by atoms with E-state index in [9.17, 15) is 0 Å². The van der Waals surface area contributed by atoms with Crippen molar-refractivity contribution in [2.24, 2.45) is 4.99 Å². The van der Waals surface area contributed by atoms with Crippen LogP contribution in [0, 0.1) is 5.41 Å². The van der Waals surface area contributed by atoms with E-state index in [2.05, 4.69) is 178 Å². The molecule has 0 aliphatic heterocycles. The van der Waals surface area contributed by atoms with Gasteiger partial charge in [0.15, 0.2) is 0 Å². The molecule has 0 radical (unpaired) electrons. The zero-order chi connectivity index (χ0) is 39.9. The summed E-state index contributed by atoms with van der Waals surface area (Å²) in [4.78, 5) is 5.12. The molecule has 0 heterocycles. The normalized spacial score (nSPS) is 13.2. The number of fused-ring (bicyclic) bond motifs is 6. The summed E-state index contributed by atoms with van der Waals surface area (Å²) >= 11 is 0. The molecule has 0 unspecified atom stereocenters. The highest BCUT2D eigenvalue weighted by Crippen LogP contribution is 2.52. The van der Waals surface area contributed by atoms with Crippen LogP contribution in [0.25, 0.3) is 71.7 Å². The van der Waals surface area contributed by atoms with Crippen molar-refractivity contribution in [3.63, 3.8) is 0 Å². The predicted molar refractivity (Wildman–Crippen MR) is 251 cm³/mol. The molecular formula is C57H42N2. The summed E-state index contributed by atoms with van der Waals surface area (Å²) in [7, 11) is 0. The number of hydrogen-bond donors (Lipinski definition) is 1. The first-order chi connectivity index (χ1) is 28.9. The Morgan fingerprint density at radius 1 is 0.458 bits per heavy atom. The van der Waals surface area contributed by atoms with Gasteiger partial charge in [0.2, 0.25) is 0 Å². The highest BCUT2D eigenvalue weighted by Gasteiger charge is 2.36. The van der Waals surface area contributed by atoms with Gasteiger partial charge in [-0.15, -0.1) is 0 Å². The first kappa shape index (κ1) is 36.0. The van der Waals surface area contributed by atoms with E-state index in [1.54, 1.807) is 0 Å². The van der Waals surface area contributed by atoms with Crippen molar-refractivity contribution in [1.29, 1.82) is 5.41 Å². The van der Waals surface area contributed by atoms with Crippen LogP contribution in [0.5, 0.6) is 0 Å². The lowest BCUT2D eigenvalue weighted by Crippen LogP contribution is -2.15. The minimum absolute atomic E-state index is 0.0823. The number of benzene rings is 9. The summed E-state index contributed by atoms with van der Waals surface area (Å²) in [5.74, 6) is 0. The van der Waals surface area contributed by atoms with E-state index in [1.165, 1.54) is 60.7 Å². The Morgan fingerprint density at radius 3 is 1.85 bits per heavy atom. The van der Waals surface area contributed by atoms with Gasteiger partial charge in [-0.3, -0.25) is 4.99 Å². The number of hydrogen-bond acceptors (Lipinski definition) is 2. The third kappa shape index (κ3) is 6.59. The van der Waals surface area contributed by atoms with E-state index in [0.717, 1.165) is 38.9 Å². The van der Waals surface area contributed by atoms with E-state index in [1.807, 2.05) is 48.7 Å². The molecule has 1 aliphatic rings. The van der Waals surface area contributed by atoms with Crippen molar-refractivity contribution < 1.29 is 0 Å². The van der Waals surface area contributed by atoms with E-state index in [0.29, 0.717) is 5.71 Å². The largest absolute Gasteiger partial charge is 0.300 e. The minimum atomic E-state index is -0.0823.